The minimum absolute atomic E-state index is 0.0344. The molecule has 20 heavy (non-hydrogen) atoms. The summed E-state index contributed by atoms with van der Waals surface area (Å²) in [5.74, 6) is -0.0344. The van der Waals surface area contributed by atoms with Crippen molar-refractivity contribution in [2.45, 2.75) is 5.41 Å². The molecule has 2 aromatic carbocycles. The van der Waals surface area contributed by atoms with Crippen LogP contribution in [0.2, 0.25) is 0 Å². The summed E-state index contributed by atoms with van der Waals surface area (Å²) >= 11 is 0. The molecule has 1 amide bonds. The topological polar surface area (TPSA) is 38.3 Å². The molecule has 1 saturated heterocycles. The van der Waals surface area contributed by atoms with E-state index in [1.807, 2.05) is 48.5 Å². The molecule has 0 aromatic heterocycles. The molecular formula is C17H17NO2. The molecule has 1 aliphatic heterocycles. The van der Waals surface area contributed by atoms with Gasteiger partial charge < -0.3 is 10.1 Å². The second-order valence-corrected chi connectivity index (χ2v) is 5.19. The van der Waals surface area contributed by atoms with Crippen molar-refractivity contribution in [3.05, 3.63) is 71.8 Å². The summed E-state index contributed by atoms with van der Waals surface area (Å²) in [7, 11) is 0. The normalized spacial score (nSPS) is 16.2. The van der Waals surface area contributed by atoms with E-state index in [0.29, 0.717) is 25.3 Å². The number of carbonyl (C=O) groups is 1. The maximum atomic E-state index is 12.1. The van der Waals surface area contributed by atoms with E-state index in [0.717, 1.165) is 0 Å². The Balaban J connectivity index is 1.69. The maximum absolute atomic E-state index is 12.1. The van der Waals surface area contributed by atoms with Crippen molar-refractivity contribution in [3.63, 3.8) is 0 Å². The molecule has 0 bridgehead atoms. The Morgan fingerprint density at radius 2 is 1.60 bits per heavy atom. The molecule has 1 fully saturated rings. The molecule has 102 valence electrons. The van der Waals surface area contributed by atoms with Crippen LogP contribution in [0, 0.1) is 0 Å². The van der Waals surface area contributed by atoms with E-state index in [-0.39, 0.29) is 11.3 Å². The standard InChI is InChI=1S/C17H17NO2/c19-16(14-7-3-1-4-8-14)18-11-17(12-20-13-17)15-9-5-2-6-10-15/h1-10H,11-13H2,(H,18,19). The molecule has 3 rings (SSSR count). The molecule has 3 heteroatoms. The summed E-state index contributed by atoms with van der Waals surface area (Å²) in [6.07, 6.45) is 0. The largest absolute Gasteiger partial charge is 0.379 e. The van der Waals surface area contributed by atoms with E-state index in [2.05, 4.69) is 17.4 Å². The van der Waals surface area contributed by atoms with Crippen LogP contribution in [0.3, 0.4) is 0 Å². The molecule has 3 nitrogen and oxygen atoms in total. The molecule has 0 spiro atoms. The second-order valence-electron chi connectivity index (χ2n) is 5.19. The average Bonchev–Trinajstić information content (AvgIpc) is 2.48. The smallest absolute Gasteiger partial charge is 0.251 e. The van der Waals surface area contributed by atoms with Gasteiger partial charge in [0.1, 0.15) is 0 Å². The molecule has 0 unspecified atom stereocenters. The van der Waals surface area contributed by atoms with Crippen molar-refractivity contribution in [2.24, 2.45) is 0 Å². The fourth-order valence-corrected chi connectivity index (χ4v) is 2.45. The number of hydrogen-bond donors (Lipinski definition) is 1. The number of carbonyl (C=O) groups excluding carboxylic acids is 1. The van der Waals surface area contributed by atoms with Crippen LogP contribution in [0.4, 0.5) is 0 Å². The first-order valence-electron chi connectivity index (χ1n) is 6.77. The molecule has 1 heterocycles. The number of ether oxygens (including phenoxy) is 1. The Kier molecular flexibility index (Phi) is 3.52. The van der Waals surface area contributed by atoms with Crippen LogP contribution in [0.15, 0.2) is 60.7 Å². The number of benzene rings is 2. The first-order valence-corrected chi connectivity index (χ1v) is 6.77. The second kappa shape index (κ2) is 5.47. The van der Waals surface area contributed by atoms with Gasteiger partial charge in [-0.25, -0.2) is 0 Å². The van der Waals surface area contributed by atoms with Crippen LogP contribution < -0.4 is 5.32 Å². The van der Waals surface area contributed by atoms with Crippen LogP contribution >= 0.6 is 0 Å². The van der Waals surface area contributed by atoms with Gasteiger partial charge >= 0.3 is 0 Å². The van der Waals surface area contributed by atoms with Crippen molar-refractivity contribution in [1.29, 1.82) is 0 Å². The lowest BCUT2D eigenvalue weighted by Crippen LogP contribution is -2.54. The Morgan fingerprint density at radius 3 is 2.15 bits per heavy atom. The summed E-state index contributed by atoms with van der Waals surface area (Å²) in [5.41, 5.74) is 1.83. The first kappa shape index (κ1) is 12.9. The zero-order valence-corrected chi connectivity index (χ0v) is 11.2. The van der Waals surface area contributed by atoms with Crippen LogP contribution in [0.1, 0.15) is 15.9 Å². The number of hydrogen-bond acceptors (Lipinski definition) is 2. The highest BCUT2D eigenvalue weighted by atomic mass is 16.5. The van der Waals surface area contributed by atoms with E-state index in [4.69, 9.17) is 4.74 Å². The predicted octanol–water partition coefficient (Wildman–Crippen LogP) is 2.38. The molecule has 2 aromatic rings. The van der Waals surface area contributed by atoms with Gasteiger partial charge in [-0.1, -0.05) is 48.5 Å². The molecule has 0 radical (unpaired) electrons. The number of nitrogens with one attached hydrogen (secondary N) is 1. The van der Waals surface area contributed by atoms with Gasteiger partial charge in [0.15, 0.2) is 0 Å². The Hall–Kier alpha value is -2.13. The van der Waals surface area contributed by atoms with Gasteiger partial charge in [-0.2, -0.15) is 0 Å². The van der Waals surface area contributed by atoms with Gasteiger partial charge in [0, 0.05) is 12.1 Å². The lowest BCUT2D eigenvalue weighted by Gasteiger charge is -2.42. The van der Waals surface area contributed by atoms with E-state index in [1.54, 1.807) is 0 Å². The Bertz CT molecular complexity index is 576. The Morgan fingerprint density at radius 1 is 1.00 bits per heavy atom. The van der Waals surface area contributed by atoms with Crippen molar-refractivity contribution in [2.75, 3.05) is 19.8 Å². The van der Waals surface area contributed by atoms with Crippen molar-refractivity contribution < 1.29 is 9.53 Å². The molecule has 0 atom stereocenters. The highest BCUT2D eigenvalue weighted by Crippen LogP contribution is 2.31. The van der Waals surface area contributed by atoms with E-state index in [9.17, 15) is 4.79 Å². The van der Waals surface area contributed by atoms with Gasteiger partial charge in [0.25, 0.3) is 5.91 Å². The summed E-state index contributed by atoms with van der Waals surface area (Å²) in [5, 5.41) is 3.02. The number of amides is 1. The van der Waals surface area contributed by atoms with E-state index >= 15 is 0 Å². The fraction of sp³-hybridized carbons (Fsp3) is 0.235. The van der Waals surface area contributed by atoms with Crippen LogP contribution in [0.25, 0.3) is 0 Å². The van der Waals surface area contributed by atoms with Crippen molar-refractivity contribution in [3.8, 4) is 0 Å². The fourth-order valence-electron chi connectivity index (χ4n) is 2.45. The zero-order chi connectivity index (χ0) is 13.8. The van der Waals surface area contributed by atoms with Crippen molar-refractivity contribution in [1.82, 2.24) is 5.32 Å². The minimum atomic E-state index is -0.0777. The summed E-state index contributed by atoms with van der Waals surface area (Å²) < 4.78 is 5.38. The SMILES string of the molecule is O=C(NCC1(c2ccccc2)COC1)c1ccccc1. The maximum Gasteiger partial charge on any atom is 0.251 e. The lowest BCUT2D eigenvalue weighted by atomic mass is 9.78. The molecule has 0 aliphatic carbocycles. The highest BCUT2D eigenvalue weighted by Gasteiger charge is 2.40. The minimum Gasteiger partial charge on any atom is -0.379 e. The monoisotopic (exact) mass is 267 g/mol. The van der Waals surface area contributed by atoms with Crippen LogP contribution in [0.5, 0.6) is 0 Å². The van der Waals surface area contributed by atoms with Crippen LogP contribution in [-0.2, 0) is 10.2 Å². The Labute approximate surface area is 118 Å². The summed E-state index contributed by atoms with van der Waals surface area (Å²) in [4.78, 5) is 12.1. The van der Waals surface area contributed by atoms with Crippen molar-refractivity contribution >= 4 is 5.91 Å². The third-order valence-corrected chi connectivity index (χ3v) is 3.77. The van der Waals surface area contributed by atoms with Crippen LogP contribution in [-0.4, -0.2) is 25.7 Å². The van der Waals surface area contributed by atoms with Gasteiger partial charge in [-0.15, -0.1) is 0 Å². The summed E-state index contributed by atoms with van der Waals surface area (Å²) in [6, 6.07) is 19.5. The predicted molar refractivity (Wildman–Crippen MR) is 77.7 cm³/mol. The van der Waals surface area contributed by atoms with Gasteiger partial charge in [0.2, 0.25) is 0 Å². The molecule has 1 aliphatic rings. The number of rotatable bonds is 4. The molecular weight excluding hydrogens is 250 g/mol. The quantitative estimate of drug-likeness (QED) is 0.923. The summed E-state index contributed by atoms with van der Waals surface area (Å²) in [6.45, 7) is 1.92. The van der Waals surface area contributed by atoms with Gasteiger partial charge in [-0.3, -0.25) is 4.79 Å². The molecule has 0 saturated carbocycles. The highest BCUT2D eigenvalue weighted by molar-refractivity contribution is 5.94. The van der Waals surface area contributed by atoms with Gasteiger partial charge in [0.05, 0.1) is 18.6 Å². The van der Waals surface area contributed by atoms with Gasteiger partial charge in [-0.05, 0) is 17.7 Å². The average molecular weight is 267 g/mol. The van der Waals surface area contributed by atoms with E-state index in [1.165, 1.54) is 5.56 Å². The molecule has 1 N–H and O–H groups in total. The third-order valence-electron chi connectivity index (χ3n) is 3.77. The zero-order valence-electron chi connectivity index (χ0n) is 11.2. The van der Waals surface area contributed by atoms with E-state index < -0.39 is 0 Å². The first-order chi connectivity index (χ1) is 9.80. The lowest BCUT2D eigenvalue weighted by molar-refractivity contribution is -0.0580. The third kappa shape index (κ3) is 2.45.